The first kappa shape index (κ1) is 10.7. The molecule has 0 aromatic carbocycles. The van der Waals surface area contributed by atoms with Gasteiger partial charge in [-0.1, -0.05) is 6.92 Å². The number of aromatic nitrogens is 4. The van der Waals surface area contributed by atoms with Crippen LogP contribution in [0.25, 0.3) is 17.2 Å². The first-order valence-corrected chi connectivity index (χ1v) is 5.63. The van der Waals surface area contributed by atoms with Crippen molar-refractivity contribution in [3.63, 3.8) is 0 Å². The Morgan fingerprint density at radius 2 is 2.44 bits per heavy atom. The molecule has 0 saturated carbocycles. The fraction of sp³-hybridized carbons (Fsp3) is 0.222. The summed E-state index contributed by atoms with van der Waals surface area (Å²) in [6, 6.07) is 0. The van der Waals surface area contributed by atoms with Crippen molar-refractivity contribution in [2.75, 3.05) is 11.5 Å². The number of hydrogen-bond donors (Lipinski definition) is 2. The van der Waals surface area contributed by atoms with Crippen molar-refractivity contribution in [2.45, 2.75) is 6.92 Å². The van der Waals surface area contributed by atoms with E-state index in [2.05, 4.69) is 19.9 Å². The van der Waals surface area contributed by atoms with E-state index in [0.717, 1.165) is 11.3 Å². The van der Waals surface area contributed by atoms with Gasteiger partial charge in [-0.3, -0.25) is 0 Å². The van der Waals surface area contributed by atoms with Crippen LogP contribution in [0.1, 0.15) is 12.6 Å². The van der Waals surface area contributed by atoms with Crippen LogP contribution in [0.5, 0.6) is 0 Å². The minimum Gasteiger partial charge on any atom is -0.433 e. The summed E-state index contributed by atoms with van der Waals surface area (Å²) in [6.45, 7) is 2.01. The zero-order chi connectivity index (χ0) is 11.4. The molecule has 0 aliphatic heterocycles. The number of fused-ring (bicyclic) bond motifs is 1. The average molecular weight is 237 g/mol. The smallest absolute Gasteiger partial charge is 0.222 e. The average Bonchev–Trinajstić information content (AvgIpc) is 2.72. The van der Waals surface area contributed by atoms with Gasteiger partial charge in [0.1, 0.15) is 11.8 Å². The first-order valence-electron chi connectivity index (χ1n) is 4.72. The molecule has 0 aliphatic rings. The minimum atomic E-state index is 0.197. The van der Waals surface area contributed by atoms with E-state index in [1.54, 1.807) is 18.7 Å². The molecular weight excluding hydrogens is 226 g/mol. The molecule has 0 atom stereocenters. The Morgan fingerprint density at radius 3 is 3.25 bits per heavy atom. The standard InChI is InChI=1S/C9H11N5OS/c1-2-16-15-4-3-6-7-8(12-5-11-7)14-9(10)13-6/h3-5H,2H2,1H3,(H3,10,11,12,13,14). The van der Waals surface area contributed by atoms with Crippen molar-refractivity contribution >= 4 is 35.2 Å². The molecular formula is C9H11N5OS. The van der Waals surface area contributed by atoms with E-state index in [-0.39, 0.29) is 5.95 Å². The number of nitrogens with two attached hydrogens (primary N) is 1. The van der Waals surface area contributed by atoms with Crippen molar-refractivity contribution < 1.29 is 4.18 Å². The number of rotatable bonds is 4. The Bertz CT molecular complexity index is 510. The number of nitrogens with zero attached hydrogens (tertiary/aromatic N) is 3. The summed E-state index contributed by atoms with van der Waals surface area (Å²) in [4.78, 5) is 15.0. The lowest BCUT2D eigenvalue weighted by molar-refractivity contribution is 0.571. The number of aromatic amines is 1. The molecule has 2 rings (SSSR count). The van der Waals surface area contributed by atoms with Gasteiger partial charge in [-0.2, -0.15) is 4.98 Å². The summed E-state index contributed by atoms with van der Waals surface area (Å²) >= 11 is 1.35. The lowest BCUT2D eigenvalue weighted by Gasteiger charge is -1.97. The molecule has 0 aliphatic carbocycles. The molecule has 2 aromatic rings. The normalized spacial score (nSPS) is 11.3. The van der Waals surface area contributed by atoms with Crippen LogP contribution in [0.4, 0.5) is 5.95 Å². The second kappa shape index (κ2) is 4.84. The molecule has 3 N–H and O–H groups in total. The second-order valence-corrected chi connectivity index (χ2v) is 3.88. The molecule has 16 heavy (non-hydrogen) atoms. The Hall–Kier alpha value is -1.76. The van der Waals surface area contributed by atoms with Crippen LogP contribution < -0.4 is 5.73 Å². The zero-order valence-electron chi connectivity index (χ0n) is 8.67. The van der Waals surface area contributed by atoms with Gasteiger partial charge >= 0.3 is 0 Å². The molecule has 84 valence electrons. The summed E-state index contributed by atoms with van der Waals surface area (Å²) in [5.74, 6) is 1.08. The van der Waals surface area contributed by atoms with Crippen molar-refractivity contribution in [1.82, 2.24) is 19.9 Å². The Kier molecular flexibility index (Phi) is 3.25. The van der Waals surface area contributed by atoms with Gasteiger partial charge in [0.05, 0.1) is 24.1 Å². The number of nitrogens with one attached hydrogen (secondary N) is 1. The second-order valence-electron chi connectivity index (χ2n) is 2.87. The van der Waals surface area contributed by atoms with E-state index in [1.807, 2.05) is 6.92 Å². The largest absolute Gasteiger partial charge is 0.433 e. The molecule has 0 unspecified atom stereocenters. The van der Waals surface area contributed by atoms with Gasteiger partial charge in [-0.15, -0.1) is 0 Å². The predicted octanol–water partition coefficient (Wildman–Crippen LogP) is 1.59. The van der Waals surface area contributed by atoms with Gasteiger partial charge in [-0.25, -0.2) is 9.97 Å². The number of nitrogen functional groups attached to an aromatic ring is 1. The lowest BCUT2D eigenvalue weighted by atomic mass is 10.3. The maximum atomic E-state index is 5.56. The van der Waals surface area contributed by atoms with Gasteiger partial charge in [0.15, 0.2) is 5.65 Å². The lowest BCUT2D eigenvalue weighted by Crippen LogP contribution is -1.97. The van der Waals surface area contributed by atoms with Crippen LogP contribution in [0.2, 0.25) is 0 Å². The molecule has 6 nitrogen and oxygen atoms in total. The monoisotopic (exact) mass is 237 g/mol. The summed E-state index contributed by atoms with van der Waals surface area (Å²) in [7, 11) is 0. The van der Waals surface area contributed by atoms with Crippen LogP contribution in [0, 0.1) is 0 Å². The highest BCUT2D eigenvalue weighted by atomic mass is 32.2. The van der Waals surface area contributed by atoms with Crippen molar-refractivity contribution in [2.24, 2.45) is 0 Å². The van der Waals surface area contributed by atoms with Gasteiger partial charge in [0.25, 0.3) is 0 Å². The van der Waals surface area contributed by atoms with E-state index in [4.69, 9.17) is 9.92 Å². The molecule has 0 fully saturated rings. The molecule has 2 heterocycles. The third-order valence-corrected chi connectivity index (χ3v) is 2.28. The Balaban J connectivity index is 2.28. The van der Waals surface area contributed by atoms with Gasteiger partial charge < -0.3 is 14.9 Å². The first-order chi connectivity index (χ1) is 7.81. The van der Waals surface area contributed by atoms with Crippen LogP contribution in [0.15, 0.2) is 12.6 Å². The van der Waals surface area contributed by atoms with Crippen molar-refractivity contribution in [3.05, 3.63) is 18.3 Å². The van der Waals surface area contributed by atoms with Crippen molar-refractivity contribution in [3.8, 4) is 0 Å². The topological polar surface area (TPSA) is 89.7 Å². The van der Waals surface area contributed by atoms with Crippen LogP contribution in [-0.2, 0) is 4.18 Å². The van der Waals surface area contributed by atoms with Gasteiger partial charge in [0.2, 0.25) is 5.95 Å². The van der Waals surface area contributed by atoms with Crippen LogP contribution >= 0.6 is 12.0 Å². The SMILES string of the molecule is CCSOC=Cc1nc(N)nc2nc[nH]c12. The minimum absolute atomic E-state index is 0.197. The van der Waals surface area contributed by atoms with Gasteiger partial charge in [-0.05, 0) is 0 Å². The highest BCUT2D eigenvalue weighted by Gasteiger charge is 2.05. The summed E-state index contributed by atoms with van der Waals surface area (Å²) < 4.78 is 5.15. The Morgan fingerprint density at radius 1 is 1.56 bits per heavy atom. The Labute approximate surface area is 96.5 Å². The van der Waals surface area contributed by atoms with E-state index in [1.165, 1.54) is 12.0 Å². The molecule has 2 aromatic heterocycles. The maximum absolute atomic E-state index is 5.56. The quantitative estimate of drug-likeness (QED) is 0.477. The molecule has 0 amide bonds. The number of H-pyrrole nitrogens is 1. The van der Waals surface area contributed by atoms with E-state index in [9.17, 15) is 0 Å². The fourth-order valence-corrected chi connectivity index (χ4v) is 1.46. The number of imidazole rings is 1. The van der Waals surface area contributed by atoms with E-state index in [0.29, 0.717) is 11.3 Å². The maximum Gasteiger partial charge on any atom is 0.222 e. The van der Waals surface area contributed by atoms with E-state index < -0.39 is 0 Å². The third-order valence-electron chi connectivity index (χ3n) is 1.80. The molecule has 7 heteroatoms. The summed E-state index contributed by atoms with van der Waals surface area (Å²) in [5.41, 5.74) is 7.52. The molecule has 0 bridgehead atoms. The van der Waals surface area contributed by atoms with Crippen molar-refractivity contribution in [1.29, 1.82) is 0 Å². The van der Waals surface area contributed by atoms with Crippen LogP contribution in [-0.4, -0.2) is 25.7 Å². The van der Waals surface area contributed by atoms with Crippen LogP contribution in [0.3, 0.4) is 0 Å². The predicted molar refractivity (Wildman–Crippen MR) is 64.3 cm³/mol. The summed E-state index contributed by atoms with van der Waals surface area (Å²) in [5, 5.41) is 0. The third kappa shape index (κ3) is 2.25. The number of anilines is 1. The van der Waals surface area contributed by atoms with Gasteiger partial charge in [0, 0.05) is 11.8 Å². The fourth-order valence-electron chi connectivity index (χ4n) is 1.19. The highest BCUT2D eigenvalue weighted by molar-refractivity contribution is 7.94. The molecule has 0 spiro atoms. The molecule has 0 radical (unpaired) electrons. The summed E-state index contributed by atoms with van der Waals surface area (Å²) in [6.07, 6.45) is 4.84. The zero-order valence-corrected chi connectivity index (χ0v) is 9.49. The molecule has 0 saturated heterocycles. The number of hydrogen-bond acceptors (Lipinski definition) is 6. The van der Waals surface area contributed by atoms with E-state index >= 15 is 0 Å². The highest BCUT2D eigenvalue weighted by Crippen LogP contribution is 2.14.